The summed E-state index contributed by atoms with van der Waals surface area (Å²) >= 11 is 0. The number of ether oxygens (including phenoxy) is 4. The maximum Gasteiger partial charge on any atom is 0.286 e. The van der Waals surface area contributed by atoms with Crippen molar-refractivity contribution in [2.45, 2.75) is 45.9 Å². The lowest BCUT2D eigenvalue weighted by molar-refractivity contribution is -0.0731. The summed E-state index contributed by atoms with van der Waals surface area (Å²) in [5, 5.41) is 8.48. The van der Waals surface area contributed by atoms with Crippen LogP contribution in [-0.2, 0) is 28.5 Å². The highest BCUT2D eigenvalue weighted by molar-refractivity contribution is 5.33. The first-order chi connectivity index (χ1) is 12.4. The first-order valence-electron chi connectivity index (χ1n) is 8.28. The number of nitrogens with zero attached hydrogens (tertiary/aromatic N) is 3. The van der Waals surface area contributed by atoms with Crippen LogP contribution >= 0.6 is 0 Å². The Hall–Kier alpha value is -2.07. The van der Waals surface area contributed by atoms with E-state index in [1.807, 2.05) is 6.92 Å². The van der Waals surface area contributed by atoms with Gasteiger partial charge in [-0.05, 0) is 20.8 Å². The van der Waals surface area contributed by atoms with Gasteiger partial charge >= 0.3 is 0 Å². The van der Waals surface area contributed by atoms with Gasteiger partial charge in [0.1, 0.15) is 6.10 Å². The van der Waals surface area contributed by atoms with E-state index in [1.165, 1.54) is 12.2 Å². The lowest BCUT2D eigenvalue weighted by Crippen LogP contribution is -2.36. The third-order valence-corrected chi connectivity index (χ3v) is 3.22. The second kappa shape index (κ2) is 14.1. The third-order valence-electron chi connectivity index (χ3n) is 3.22. The fourth-order valence-corrected chi connectivity index (χ4v) is 1.93. The highest BCUT2D eigenvalue weighted by Gasteiger charge is 2.27. The van der Waals surface area contributed by atoms with Crippen molar-refractivity contribution < 1.29 is 28.5 Å². The minimum absolute atomic E-state index is 0.251. The van der Waals surface area contributed by atoms with Crippen molar-refractivity contribution in [1.29, 1.82) is 5.26 Å². The SMILES string of the molecule is CC(COCC(C)(COCC(C)N=C=O)COCC(C)OC#N)N=C=O. The van der Waals surface area contributed by atoms with E-state index in [2.05, 4.69) is 9.98 Å². The molecule has 0 aromatic carbocycles. The highest BCUT2D eigenvalue weighted by Crippen LogP contribution is 2.19. The molecule has 0 saturated carbocycles. The number of aliphatic imine (C=N–C) groups is 2. The molecule has 0 spiro atoms. The van der Waals surface area contributed by atoms with Crippen LogP contribution in [0.2, 0.25) is 0 Å². The van der Waals surface area contributed by atoms with E-state index in [1.54, 1.807) is 27.0 Å². The Morgan fingerprint density at radius 3 is 1.69 bits per heavy atom. The van der Waals surface area contributed by atoms with Crippen molar-refractivity contribution in [3.05, 3.63) is 0 Å². The first-order valence-corrected chi connectivity index (χ1v) is 8.28. The summed E-state index contributed by atoms with van der Waals surface area (Å²) in [5.41, 5.74) is -0.485. The number of hydrogen-bond acceptors (Lipinski definition) is 9. The molecule has 0 rings (SSSR count). The molecule has 146 valence electrons. The van der Waals surface area contributed by atoms with Crippen LogP contribution < -0.4 is 0 Å². The molecule has 26 heavy (non-hydrogen) atoms. The molecule has 0 aromatic heterocycles. The second-order valence-electron chi connectivity index (χ2n) is 6.51. The van der Waals surface area contributed by atoms with E-state index < -0.39 is 5.41 Å². The average molecular weight is 369 g/mol. The summed E-state index contributed by atoms with van der Waals surface area (Å²) < 4.78 is 21.6. The van der Waals surface area contributed by atoms with Gasteiger partial charge in [-0.25, -0.2) is 19.6 Å². The smallest absolute Gasteiger partial charge is 0.286 e. The lowest BCUT2D eigenvalue weighted by Gasteiger charge is -2.29. The Morgan fingerprint density at radius 1 is 0.885 bits per heavy atom. The lowest BCUT2D eigenvalue weighted by atomic mass is 9.94. The van der Waals surface area contributed by atoms with Gasteiger partial charge in [-0.2, -0.15) is 5.26 Å². The van der Waals surface area contributed by atoms with Crippen molar-refractivity contribution >= 4 is 12.2 Å². The van der Waals surface area contributed by atoms with Crippen LogP contribution in [0, 0.1) is 16.9 Å². The van der Waals surface area contributed by atoms with Gasteiger partial charge in [-0.1, -0.05) is 6.92 Å². The minimum Gasteiger partial charge on any atom is -0.422 e. The van der Waals surface area contributed by atoms with E-state index in [4.69, 9.17) is 24.2 Å². The van der Waals surface area contributed by atoms with Gasteiger partial charge in [0.2, 0.25) is 12.2 Å². The largest absolute Gasteiger partial charge is 0.422 e. The van der Waals surface area contributed by atoms with Crippen LogP contribution in [0.4, 0.5) is 0 Å². The second-order valence-corrected chi connectivity index (χ2v) is 6.51. The van der Waals surface area contributed by atoms with Crippen molar-refractivity contribution in [2.24, 2.45) is 15.4 Å². The molecule has 0 fully saturated rings. The van der Waals surface area contributed by atoms with E-state index in [9.17, 15) is 9.59 Å². The Kier molecular flexibility index (Phi) is 13.0. The van der Waals surface area contributed by atoms with Crippen LogP contribution in [0.3, 0.4) is 0 Å². The van der Waals surface area contributed by atoms with E-state index >= 15 is 0 Å². The molecule has 0 bridgehead atoms. The molecule has 0 radical (unpaired) electrons. The van der Waals surface area contributed by atoms with Gasteiger partial charge in [-0.15, -0.1) is 0 Å². The predicted octanol–water partition coefficient (Wildman–Crippen LogP) is 1.38. The predicted molar refractivity (Wildman–Crippen MR) is 91.9 cm³/mol. The molecule has 0 aliphatic rings. The normalized spacial score (nSPS) is 16.1. The van der Waals surface area contributed by atoms with E-state index in [0.29, 0.717) is 19.8 Å². The Balaban J connectivity index is 4.55. The number of rotatable bonds is 15. The molecule has 9 heteroatoms. The molecule has 0 aliphatic carbocycles. The zero-order valence-corrected chi connectivity index (χ0v) is 15.8. The molecule has 0 N–H and O–H groups in total. The van der Waals surface area contributed by atoms with Gasteiger partial charge in [0.05, 0.1) is 51.7 Å². The quantitative estimate of drug-likeness (QED) is 0.243. The van der Waals surface area contributed by atoms with Gasteiger partial charge in [0, 0.05) is 5.41 Å². The monoisotopic (exact) mass is 369 g/mol. The topological polar surface area (TPSA) is 120 Å². The van der Waals surface area contributed by atoms with Crippen LogP contribution in [0.25, 0.3) is 0 Å². The summed E-state index contributed by atoms with van der Waals surface area (Å²) in [4.78, 5) is 27.6. The molecule has 0 heterocycles. The average Bonchev–Trinajstić information content (AvgIpc) is 2.55. The minimum atomic E-state index is -0.485. The van der Waals surface area contributed by atoms with Gasteiger partial charge in [-0.3, -0.25) is 0 Å². The summed E-state index contributed by atoms with van der Waals surface area (Å²) in [6.45, 7) is 8.86. The van der Waals surface area contributed by atoms with Gasteiger partial charge < -0.3 is 18.9 Å². The molecule has 0 amide bonds. The number of hydrogen-bond donors (Lipinski definition) is 0. The third kappa shape index (κ3) is 12.3. The van der Waals surface area contributed by atoms with Crippen molar-refractivity contribution in [2.75, 3.05) is 39.6 Å². The zero-order valence-electron chi connectivity index (χ0n) is 15.8. The fraction of sp³-hybridized carbons (Fsp3) is 0.824. The maximum atomic E-state index is 10.2. The van der Waals surface area contributed by atoms with Gasteiger partial charge in [0.15, 0.2) is 0 Å². The van der Waals surface area contributed by atoms with E-state index in [-0.39, 0.29) is 38.0 Å². The molecule has 3 atom stereocenters. The van der Waals surface area contributed by atoms with Crippen LogP contribution in [-0.4, -0.2) is 70.0 Å². The number of nitriles is 1. The van der Waals surface area contributed by atoms with Gasteiger partial charge in [0.25, 0.3) is 6.26 Å². The standard InChI is InChI=1S/C17H27N3O6/c1-14(19-12-21)5-23-8-17(4,9-24-6-15(2)20-13-22)10-25-7-16(3)26-11-18/h14-16H,5-10H2,1-4H3. The van der Waals surface area contributed by atoms with Crippen molar-refractivity contribution in [1.82, 2.24) is 0 Å². The molecule has 0 aromatic rings. The summed E-state index contributed by atoms with van der Waals surface area (Å²) in [6, 6.07) is -0.575. The molecule has 3 unspecified atom stereocenters. The number of isocyanates is 2. The van der Waals surface area contributed by atoms with Crippen LogP contribution in [0.15, 0.2) is 9.98 Å². The first kappa shape index (κ1) is 23.9. The highest BCUT2D eigenvalue weighted by atomic mass is 16.5. The van der Waals surface area contributed by atoms with E-state index in [0.717, 1.165) is 0 Å². The Labute approximate surface area is 154 Å². The molecule has 0 aliphatic heterocycles. The summed E-state index contributed by atoms with van der Waals surface area (Å²) in [6.07, 6.45) is 4.26. The van der Waals surface area contributed by atoms with Crippen molar-refractivity contribution in [3.8, 4) is 6.26 Å². The molecule has 9 nitrogen and oxygen atoms in total. The van der Waals surface area contributed by atoms with Crippen molar-refractivity contribution in [3.63, 3.8) is 0 Å². The summed E-state index contributed by atoms with van der Waals surface area (Å²) in [5.74, 6) is 0. The Bertz CT molecular complexity index is 493. The van der Waals surface area contributed by atoms with Crippen LogP contribution in [0.5, 0.6) is 0 Å². The molecule has 0 saturated heterocycles. The molecular formula is C17H27N3O6. The van der Waals surface area contributed by atoms with Crippen LogP contribution in [0.1, 0.15) is 27.7 Å². The maximum absolute atomic E-state index is 10.2. The summed E-state index contributed by atoms with van der Waals surface area (Å²) in [7, 11) is 0. The zero-order chi connectivity index (χ0) is 19.8. The number of carbonyl (C=O) groups excluding carboxylic acids is 2. The molecular weight excluding hydrogens is 342 g/mol. The fourth-order valence-electron chi connectivity index (χ4n) is 1.93. The Morgan fingerprint density at radius 2 is 1.31 bits per heavy atom.